The van der Waals surface area contributed by atoms with Crippen molar-refractivity contribution in [1.82, 2.24) is 0 Å². The van der Waals surface area contributed by atoms with Crippen LogP contribution in [-0.2, 0) is 21.5 Å². The summed E-state index contributed by atoms with van der Waals surface area (Å²) in [6, 6.07) is 19.9. The number of aromatic hydroxyl groups is 1. The molecule has 0 aliphatic rings. The number of esters is 1. The van der Waals surface area contributed by atoms with Gasteiger partial charge in [0.15, 0.2) is 5.75 Å². The Balaban J connectivity index is 1.79. The van der Waals surface area contributed by atoms with Gasteiger partial charge in [0.1, 0.15) is 22.8 Å². The number of hydrogen-bond acceptors (Lipinski definition) is 6. The van der Waals surface area contributed by atoms with E-state index in [-0.39, 0.29) is 28.6 Å². The average molecular weight is 384 g/mol. The Hall–Kier alpha value is -3.32. The maximum Gasteiger partial charge on any atom is 0.342 e. The van der Waals surface area contributed by atoms with E-state index in [1.807, 2.05) is 30.3 Å². The van der Waals surface area contributed by atoms with Crippen LogP contribution in [0, 0.1) is 0 Å². The second-order valence-electron chi connectivity index (χ2n) is 5.59. The van der Waals surface area contributed by atoms with Crippen molar-refractivity contribution in [3.63, 3.8) is 0 Å². The molecule has 7 heteroatoms. The maximum absolute atomic E-state index is 12.4. The lowest BCUT2D eigenvalue weighted by Gasteiger charge is -2.11. The van der Waals surface area contributed by atoms with Gasteiger partial charge in [-0.2, -0.15) is 8.42 Å². The molecule has 0 saturated heterocycles. The second kappa shape index (κ2) is 7.92. The second-order valence-corrected chi connectivity index (χ2v) is 7.14. The first-order chi connectivity index (χ1) is 13.0. The Labute approximate surface area is 156 Å². The molecule has 3 aromatic rings. The number of para-hydroxylation sites is 1. The monoisotopic (exact) mass is 384 g/mol. The van der Waals surface area contributed by atoms with E-state index in [0.717, 1.165) is 5.56 Å². The van der Waals surface area contributed by atoms with Crippen molar-refractivity contribution in [3.05, 3.63) is 90.0 Å². The molecular formula is C20H16O6S. The van der Waals surface area contributed by atoms with Gasteiger partial charge in [-0.05, 0) is 42.0 Å². The van der Waals surface area contributed by atoms with Gasteiger partial charge in [0.2, 0.25) is 0 Å². The first-order valence-corrected chi connectivity index (χ1v) is 9.40. The summed E-state index contributed by atoms with van der Waals surface area (Å²) < 4.78 is 35.2. The smallest absolute Gasteiger partial charge is 0.342 e. The molecule has 0 bridgehead atoms. The number of benzene rings is 3. The van der Waals surface area contributed by atoms with E-state index in [9.17, 15) is 18.3 Å². The highest BCUT2D eigenvalue weighted by molar-refractivity contribution is 7.87. The molecule has 0 heterocycles. The van der Waals surface area contributed by atoms with E-state index in [4.69, 9.17) is 8.92 Å². The van der Waals surface area contributed by atoms with E-state index in [2.05, 4.69) is 0 Å². The number of carbonyl (C=O) groups is 1. The molecule has 3 aromatic carbocycles. The fourth-order valence-corrected chi connectivity index (χ4v) is 3.24. The molecule has 1 N–H and O–H groups in total. The van der Waals surface area contributed by atoms with Crippen molar-refractivity contribution in [2.75, 3.05) is 0 Å². The molecule has 0 fully saturated rings. The first-order valence-electron chi connectivity index (χ1n) is 7.99. The van der Waals surface area contributed by atoms with Crippen molar-refractivity contribution >= 4 is 16.1 Å². The summed E-state index contributed by atoms with van der Waals surface area (Å²) >= 11 is 0. The standard InChI is InChI=1S/C20H16O6S/c21-16-10-12-17(13-11-16)27(23,24)26-19-9-5-4-8-18(19)20(22)25-14-15-6-2-1-3-7-15/h1-13,21H,14H2. The van der Waals surface area contributed by atoms with E-state index in [0.29, 0.717) is 0 Å². The number of hydrogen-bond donors (Lipinski definition) is 1. The molecule has 3 rings (SSSR count). The van der Waals surface area contributed by atoms with Crippen molar-refractivity contribution in [1.29, 1.82) is 0 Å². The zero-order chi connectivity index (χ0) is 19.3. The summed E-state index contributed by atoms with van der Waals surface area (Å²) in [4.78, 5) is 12.2. The zero-order valence-electron chi connectivity index (χ0n) is 14.1. The lowest BCUT2D eigenvalue weighted by Crippen LogP contribution is -2.13. The summed E-state index contributed by atoms with van der Waals surface area (Å²) in [6.07, 6.45) is 0. The fraction of sp³-hybridized carbons (Fsp3) is 0.0500. The predicted molar refractivity (Wildman–Crippen MR) is 97.9 cm³/mol. The Bertz CT molecular complexity index is 1030. The molecule has 27 heavy (non-hydrogen) atoms. The summed E-state index contributed by atoms with van der Waals surface area (Å²) in [7, 11) is -4.17. The molecule has 6 nitrogen and oxygen atoms in total. The Morgan fingerprint density at radius 1 is 0.852 bits per heavy atom. The van der Waals surface area contributed by atoms with Gasteiger partial charge in [-0.3, -0.25) is 0 Å². The molecule has 0 saturated carbocycles. The van der Waals surface area contributed by atoms with Crippen LogP contribution in [0.4, 0.5) is 0 Å². The molecule has 0 aliphatic carbocycles. The molecule has 0 amide bonds. The number of rotatable bonds is 6. The quantitative estimate of drug-likeness (QED) is 0.517. The molecular weight excluding hydrogens is 368 g/mol. The first kappa shape index (κ1) is 18.5. The van der Waals surface area contributed by atoms with Crippen LogP contribution in [0.25, 0.3) is 0 Å². The molecule has 0 aliphatic heterocycles. The van der Waals surface area contributed by atoms with Crippen LogP contribution >= 0.6 is 0 Å². The highest BCUT2D eigenvalue weighted by Gasteiger charge is 2.21. The Morgan fingerprint density at radius 3 is 2.19 bits per heavy atom. The maximum atomic E-state index is 12.4. The largest absolute Gasteiger partial charge is 0.508 e. The van der Waals surface area contributed by atoms with Gasteiger partial charge in [0.25, 0.3) is 0 Å². The molecule has 138 valence electrons. The minimum absolute atomic E-state index is 0.00390. The number of phenols is 1. The minimum Gasteiger partial charge on any atom is -0.508 e. The van der Waals surface area contributed by atoms with Crippen molar-refractivity contribution in [2.45, 2.75) is 11.5 Å². The van der Waals surface area contributed by atoms with E-state index in [1.54, 1.807) is 12.1 Å². The van der Waals surface area contributed by atoms with Crippen molar-refractivity contribution in [2.24, 2.45) is 0 Å². The molecule has 0 spiro atoms. The van der Waals surface area contributed by atoms with Gasteiger partial charge in [-0.15, -0.1) is 0 Å². The SMILES string of the molecule is O=C(OCc1ccccc1)c1ccccc1OS(=O)(=O)c1ccc(O)cc1. The lowest BCUT2D eigenvalue weighted by atomic mass is 10.2. The average Bonchev–Trinajstić information content (AvgIpc) is 2.67. The van der Waals surface area contributed by atoms with Crippen LogP contribution in [0.15, 0.2) is 83.8 Å². The summed E-state index contributed by atoms with van der Waals surface area (Å²) in [5.41, 5.74) is 0.803. The van der Waals surface area contributed by atoms with Crippen LogP contribution in [0.2, 0.25) is 0 Å². The van der Waals surface area contributed by atoms with E-state index in [1.165, 1.54) is 36.4 Å². The minimum atomic E-state index is -4.17. The van der Waals surface area contributed by atoms with Crippen molar-refractivity contribution < 1.29 is 27.2 Å². The number of phenolic OH excluding ortho intramolecular Hbond substituents is 1. The Morgan fingerprint density at radius 2 is 1.48 bits per heavy atom. The molecule has 0 atom stereocenters. The van der Waals surface area contributed by atoms with Crippen LogP contribution in [0.3, 0.4) is 0 Å². The molecule has 0 unspecified atom stereocenters. The van der Waals surface area contributed by atoms with Gasteiger partial charge in [0, 0.05) is 0 Å². The van der Waals surface area contributed by atoms with Gasteiger partial charge in [0.05, 0.1) is 0 Å². The third-order valence-corrected chi connectivity index (χ3v) is 4.89. The number of ether oxygens (including phenoxy) is 1. The third kappa shape index (κ3) is 4.65. The van der Waals surface area contributed by atoms with Crippen LogP contribution in [0.5, 0.6) is 11.5 Å². The van der Waals surface area contributed by atoms with Crippen LogP contribution < -0.4 is 4.18 Å². The van der Waals surface area contributed by atoms with Gasteiger partial charge < -0.3 is 14.0 Å². The normalized spacial score (nSPS) is 11.0. The van der Waals surface area contributed by atoms with Crippen LogP contribution in [0.1, 0.15) is 15.9 Å². The summed E-state index contributed by atoms with van der Waals surface area (Å²) in [5.74, 6) is -0.905. The van der Waals surface area contributed by atoms with Gasteiger partial charge in [-0.25, -0.2) is 4.79 Å². The Kier molecular flexibility index (Phi) is 5.42. The highest BCUT2D eigenvalue weighted by atomic mass is 32.2. The molecule has 0 aromatic heterocycles. The van der Waals surface area contributed by atoms with Crippen LogP contribution in [-0.4, -0.2) is 19.5 Å². The van der Waals surface area contributed by atoms with E-state index < -0.39 is 16.1 Å². The third-order valence-electron chi connectivity index (χ3n) is 3.64. The van der Waals surface area contributed by atoms with Crippen molar-refractivity contribution in [3.8, 4) is 11.5 Å². The van der Waals surface area contributed by atoms with E-state index >= 15 is 0 Å². The predicted octanol–water partition coefficient (Wildman–Crippen LogP) is 3.52. The lowest BCUT2D eigenvalue weighted by molar-refractivity contribution is 0.0471. The fourth-order valence-electron chi connectivity index (χ4n) is 2.29. The van der Waals surface area contributed by atoms with Gasteiger partial charge >= 0.3 is 16.1 Å². The molecule has 0 radical (unpaired) electrons. The van der Waals surface area contributed by atoms with Gasteiger partial charge in [-0.1, -0.05) is 42.5 Å². The summed E-state index contributed by atoms with van der Waals surface area (Å²) in [6.45, 7) is 0.0543. The highest BCUT2D eigenvalue weighted by Crippen LogP contribution is 2.25. The number of carbonyl (C=O) groups excluding carboxylic acids is 1. The summed E-state index contributed by atoms with van der Waals surface area (Å²) in [5, 5.41) is 9.29. The zero-order valence-corrected chi connectivity index (χ0v) is 14.9. The topological polar surface area (TPSA) is 89.9 Å².